The van der Waals surface area contributed by atoms with Crippen LogP contribution in [-0.4, -0.2) is 5.11 Å². The number of thiophene rings is 1. The molecule has 0 aliphatic carbocycles. The van der Waals surface area contributed by atoms with Crippen LogP contribution >= 0.6 is 49.9 Å². The smallest absolute Gasteiger partial charge is 0.106 e. The van der Waals surface area contributed by atoms with Gasteiger partial charge in [0, 0.05) is 12.9 Å². The molecule has 0 aliphatic heterocycles. The van der Waals surface area contributed by atoms with Crippen molar-refractivity contribution in [3.63, 3.8) is 0 Å². The summed E-state index contributed by atoms with van der Waals surface area (Å²) >= 11 is 7.35. The molecular formula is C12H10BrIOS. The molecule has 0 amide bonds. The number of hydrogen-bond donors (Lipinski definition) is 1. The van der Waals surface area contributed by atoms with Gasteiger partial charge in [0.05, 0.1) is 0 Å². The van der Waals surface area contributed by atoms with Crippen molar-refractivity contribution in [3.8, 4) is 0 Å². The van der Waals surface area contributed by atoms with Crippen molar-refractivity contribution in [1.82, 2.24) is 0 Å². The van der Waals surface area contributed by atoms with E-state index in [0.717, 1.165) is 19.2 Å². The van der Waals surface area contributed by atoms with Gasteiger partial charge in [0.1, 0.15) is 6.10 Å². The topological polar surface area (TPSA) is 20.2 Å². The predicted octanol–water partition coefficient (Wildman–Crippen LogP) is 4.51. The quantitative estimate of drug-likeness (QED) is 0.725. The van der Waals surface area contributed by atoms with E-state index >= 15 is 0 Å². The summed E-state index contributed by atoms with van der Waals surface area (Å²) in [7, 11) is 0. The Morgan fingerprint density at radius 2 is 2.06 bits per heavy atom. The lowest BCUT2D eigenvalue weighted by Crippen LogP contribution is -2.02. The normalized spacial score (nSPS) is 12.8. The Kier molecular flexibility index (Phi) is 4.05. The Balaban J connectivity index is 2.45. The maximum atomic E-state index is 10.3. The molecule has 1 nitrogen and oxygen atoms in total. The zero-order chi connectivity index (χ0) is 11.7. The average molecular weight is 409 g/mol. The van der Waals surface area contributed by atoms with E-state index in [0.29, 0.717) is 0 Å². The summed E-state index contributed by atoms with van der Waals surface area (Å²) in [5, 5.41) is 12.4. The molecule has 1 heterocycles. The maximum absolute atomic E-state index is 10.3. The lowest BCUT2D eigenvalue weighted by Gasteiger charge is -2.13. The Bertz CT molecular complexity index is 509. The van der Waals surface area contributed by atoms with Crippen LogP contribution in [0.5, 0.6) is 0 Å². The van der Waals surface area contributed by atoms with E-state index in [9.17, 15) is 5.11 Å². The lowest BCUT2D eigenvalue weighted by atomic mass is 10.0. The van der Waals surface area contributed by atoms with Gasteiger partial charge in [-0.25, -0.2) is 0 Å². The van der Waals surface area contributed by atoms with Crippen LogP contribution < -0.4 is 0 Å². The molecule has 0 radical (unpaired) electrons. The van der Waals surface area contributed by atoms with E-state index in [1.54, 1.807) is 11.3 Å². The molecule has 1 N–H and O–H groups in total. The maximum Gasteiger partial charge on any atom is 0.106 e. The third kappa shape index (κ3) is 2.50. The average Bonchev–Trinajstić information content (AvgIpc) is 2.67. The fraction of sp³-hybridized carbons (Fsp3) is 0.167. The summed E-state index contributed by atoms with van der Waals surface area (Å²) in [6.45, 7) is 2.04. The zero-order valence-electron chi connectivity index (χ0n) is 8.58. The fourth-order valence-electron chi connectivity index (χ4n) is 1.57. The summed E-state index contributed by atoms with van der Waals surface area (Å²) in [5.74, 6) is 0. The molecule has 84 valence electrons. The van der Waals surface area contributed by atoms with Gasteiger partial charge in [-0.3, -0.25) is 0 Å². The molecule has 0 saturated carbocycles. The fourth-order valence-corrected chi connectivity index (χ4v) is 3.31. The minimum atomic E-state index is -0.532. The van der Waals surface area contributed by atoms with Crippen molar-refractivity contribution < 1.29 is 5.11 Å². The third-order valence-corrected chi connectivity index (χ3v) is 4.78. The predicted molar refractivity (Wildman–Crippen MR) is 80.0 cm³/mol. The standard InChI is InChI=1S/C12H10BrIOS/c1-7-9(4-5-16-7)12(15)10-6-8(13)2-3-11(10)14/h2-6,12,15H,1H3. The number of aliphatic hydroxyl groups excluding tert-OH is 1. The molecule has 1 unspecified atom stereocenters. The van der Waals surface area contributed by atoms with E-state index in [4.69, 9.17) is 0 Å². The number of aryl methyl sites for hydroxylation is 1. The van der Waals surface area contributed by atoms with Crippen molar-refractivity contribution in [2.75, 3.05) is 0 Å². The summed E-state index contributed by atoms with van der Waals surface area (Å²) in [6.07, 6.45) is -0.532. The minimum absolute atomic E-state index is 0.532. The zero-order valence-corrected chi connectivity index (χ0v) is 13.1. The first-order valence-electron chi connectivity index (χ1n) is 4.76. The second kappa shape index (κ2) is 5.16. The van der Waals surface area contributed by atoms with Crippen molar-refractivity contribution in [2.24, 2.45) is 0 Å². The summed E-state index contributed by atoms with van der Waals surface area (Å²) in [5.41, 5.74) is 1.96. The molecular weight excluding hydrogens is 399 g/mol. The Morgan fingerprint density at radius 1 is 1.31 bits per heavy atom. The first-order valence-corrected chi connectivity index (χ1v) is 7.51. The summed E-state index contributed by atoms with van der Waals surface area (Å²) in [6, 6.07) is 7.95. The highest BCUT2D eigenvalue weighted by Gasteiger charge is 2.16. The van der Waals surface area contributed by atoms with Gasteiger partial charge in [-0.15, -0.1) is 11.3 Å². The number of hydrogen-bond acceptors (Lipinski definition) is 2. The van der Waals surface area contributed by atoms with Gasteiger partial charge in [0.2, 0.25) is 0 Å². The first-order chi connectivity index (χ1) is 7.59. The van der Waals surface area contributed by atoms with E-state index in [2.05, 4.69) is 38.5 Å². The molecule has 1 aromatic heterocycles. The van der Waals surface area contributed by atoms with Crippen LogP contribution in [0.4, 0.5) is 0 Å². The highest BCUT2D eigenvalue weighted by Crippen LogP contribution is 2.32. The lowest BCUT2D eigenvalue weighted by molar-refractivity contribution is 0.219. The molecule has 4 heteroatoms. The monoisotopic (exact) mass is 408 g/mol. The Hall–Kier alpha value is 0.0900. The van der Waals surface area contributed by atoms with Gasteiger partial charge in [-0.05, 0) is 70.3 Å². The number of benzene rings is 1. The van der Waals surface area contributed by atoms with Gasteiger partial charge < -0.3 is 5.11 Å². The molecule has 0 fully saturated rings. The molecule has 1 aromatic carbocycles. The van der Waals surface area contributed by atoms with E-state index < -0.39 is 6.10 Å². The van der Waals surface area contributed by atoms with Crippen LogP contribution in [0.2, 0.25) is 0 Å². The minimum Gasteiger partial charge on any atom is -0.384 e. The van der Waals surface area contributed by atoms with Crippen LogP contribution in [0, 0.1) is 10.5 Å². The third-order valence-electron chi connectivity index (χ3n) is 2.45. The van der Waals surface area contributed by atoms with E-state index in [1.165, 1.54) is 4.88 Å². The van der Waals surface area contributed by atoms with E-state index in [-0.39, 0.29) is 0 Å². The molecule has 1 atom stereocenters. The summed E-state index contributed by atoms with van der Waals surface area (Å²) < 4.78 is 2.08. The van der Waals surface area contributed by atoms with Gasteiger partial charge in [0.15, 0.2) is 0 Å². The molecule has 16 heavy (non-hydrogen) atoms. The Labute approximate surface area is 121 Å². The van der Waals surface area contributed by atoms with Gasteiger partial charge in [0.25, 0.3) is 0 Å². The highest BCUT2D eigenvalue weighted by molar-refractivity contribution is 14.1. The molecule has 0 bridgehead atoms. The van der Waals surface area contributed by atoms with Gasteiger partial charge >= 0.3 is 0 Å². The molecule has 0 spiro atoms. The van der Waals surface area contributed by atoms with Gasteiger partial charge in [-0.2, -0.15) is 0 Å². The van der Waals surface area contributed by atoms with E-state index in [1.807, 2.05) is 36.6 Å². The van der Waals surface area contributed by atoms with Crippen LogP contribution in [0.3, 0.4) is 0 Å². The number of halogens is 2. The summed E-state index contributed by atoms with van der Waals surface area (Å²) in [4.78, 5) is 1.17. The first kappa shape index (κ1) is 12.5. The molecule has 0 saturated heterocycles. The van der Waals surface area contributed by atoms with Crippen molar-refractivity contribution in [1.29, 1.82) is 0 Å². The van der Waals surface area contributed by atoms with Crippen LogP contribution in [0.15, 0.2) is 34.1 Å². The second-order valence-electron chi connectivity index (χ2n) is 3.50. The van der Waals surface area contributed by atoms with Crippen molar-refractivity contribution >= 4 is 49.9 Å². The Morgan fingerprint density at radius 3 is 2.69 bits per heavy atom. The van der Waals surface area contributed by atoms with Gasteiger partial charge in [-0.1, -0.05) is 15.9 Å². The second-order valence-corrected chi connectivity index (χ2v) is 6.70. The SMILES string of the molecule is Cc1sccc1C(O)c1cc(Br)ccc1I. The van der Waals surface area contributed by atoms with Crippen LogP contribution in [0.1, 0.15) is 22.1 Å². The van der Waals surface area contributed by atoms with Crippen LogP contribution in [-0.2, 0) is 0 Å². The number of rotatable bonds is 2. The highest BCUT2D eigenvalue weighted by atomic mass is 127. The van der Waals surface area contributed by atoms with Crippen molar-refractivity contribution in [2.45, 2.75) is 13.0 Å². The molecule has 0 aliphatic rings. The number of aliphatic hydroxyl groups is 1. The molecule has 2 rings (SSSR count). The molecule has 2 aromatic rings. The van der Waals surface area contributed by atoms with Crippen molar-refractivity contribution in [3.05, 3.63) is 53.7 Å². The van der Waals surface area contributed by atoms with Crippen LogP contribution in [0.25, 0.3) is 0 Å². The largest absolute Gasteiger partial charge is 0.384 e.